The maximum absolute atomic E-state index is 11.4. The van der Waals surface area contributed by atoms with Gasteiger partial charge in [0.15, 0.2) is 0 Å². The van der Waals surface area contributed by atoms with Gasteiger partial charge >= 0.3 is 5.97 Å². The lowest BCUT2D eigenvalue weighted by atomic mass is 9.81. The standard InChI is InChI=1S/C25H25ClN2O2/c26-21-9-7-17(8-10-21)12-18-4-3-6-23(28-16-18)20-13-19(15-25(29)30)22-5-1-2-11-27-24(22)14-20/h2,6-11,13-14,16,18,22H,1,3-5,12,15H2,(H,29,30). The lowest BCUT2D eigenvalue weighted by Gasteiger charge is -2.24. The van der Waals surface area contributed by atoms with Gasteiger partial charge in [0.25, 0.3) is 0 Å². The molecule has 154 valence electrons. The molecule has 0 bridgehead atoms. The molecule has 1 aromatic rings. The van der Waals surface area contributed by atoms with Crippen LogP contribution in [0.15, 0.2) is 81.6 Å². The first-order chi connectivity index (χ1) is 14.6. The summed E-state index contributed by atoms with van der Waals surface area (Å²) in [5.41, 5.74) is 4.98. The molecule has 2 aliphatic heterocycles. The Morgan fingerprint density at radius 1 is 1.13 bits per heavy atom. The van der Waals surface area contributed by atoms with E-state index in [4.69, 9.17) is 16.6 Å². The van der Waals surface area contributed by atoms with Crippen LogP contribution < -0.4 is 0 Å². The van der Waals surface area contributed by atoms with Gasteiger partial charge in [0.1, 0.15) is 0 Å². The summed E-state index contributed by atoms with van der Waals surface area (Å²) in [4.78, 5) is 20.8. The second-order valence-corrected chi connectivity index (χ2v) is 8.43. The third kappa shape index (κ3) is 5.06. The van der Waals surface area contributed by atoms with E-state index in [1.165, 1.54) is 5.56 Å². The Hall–Kier alpha value is -2.72. The quantitative estimate of drug-likeness (QED) is 0.639. The van der Waals surface area contributed by atoms with Gasteiger partial charge in [-0.15, -0.1) is 0 Å². The number of aliphatic carboxylic acids is 1. The maximum Gasteiger partial charge on any atom is 0.307 e. The lowest BCUT2D eigenvalue weighted by molar-refractivity contribution is -0.136. The Labute approximate surface area is 182 Å². The van der Waals surface area contributed by atoms with Crippen LogP contribution in [0, 0.1) is 11.8 Å². The van der Waals surface area contributed by atoms with Crippen molar-refractivity contribution in [3.05, 3.63) is 82.2 Å². The van der Waals surface area contributed by atoms with Crippen LogP contribution >= 0.6 is 11.6 Å². The maximum atomic E-state index is 11.4. The highest BCUT2D eigenvalue weighted by Gasteiger charge is 2.26. The molecular formula is C25H25ClN2O2. The molecule has 2 heterocycles. The number of carbonyl (C=O) groups is 1. The van der Waals surface area contributed by atoms with Gasteiger partial charge in [-0.2, -0.15) is 0 Å². The van der Waals surface area contributed by atoms with Crippen LogP contribution in [0.25, 0.3) is 0 Å². The first-order valence-electron chi connectivity index (χ1n) is 10.4. The summed E-state index contributed by atoms with van der Waals surface area (Å²) in [5, 5.41) is 10.1. The molecule has 0 amide bonds. The molecule has 0 saturated heterocycles. The van der Waals surface area contributed by atoms with E-state index >= 15 is 0 Å². The van der Waals surface area contributed by atoms with Crippen LogP contribution in [0.5, 0.6) is 0 Å². The monoisotopic (exact) mass is 420 g/mol. The first-order valence-corrected chi connectivity index (χ1v) is 10.8. The van der Waals surface area contributed by atoms with Crippen molar-refractivity contribution >= 4 is 29.5 Å². The number of aliphatic imine (C=N–C) groups is 2. The summed E-state index contributed by atoms with van der Waals surface area (Å²) in [6, 6.07) is 7.98. The average molecular weight is 421 g/mol. The third-order valence-corrected chi connectivity index (χ3v) is 6.01. The van der Waals surface area contributed by atoms with E-state index in [0.29, 0.717) is 5.92 Å². The Morgan fingerprint density at radius 3 is 2.77 bits per heavy atom. The summed E-state index contributed by atoms with van der Waals surface area (Å²) < 4.78 is 0. The van der Waals surface area contributed by atoms with Crippen LogP contribution in [-0.4, -0.2) is 23.0 Å². The fourth-order valence-corrected chi connectivity index (χ4v) is 4.37. The topological polar surface area (TPSA) is 62.0 Å². The Kier molecular flexibility index (Phi) is 6.44. The zero-order valence-corrected chi connectivity index (χ0v) is 17.6. The van der Waals surface area contributed by atoms with Crippen molar-refractivity contribution in [2.24, 2.45) is 21.8 Å². The van der Waals surface area contributed by atoms with Crippen LogP contribution in [0.1, 0.15) is 37.7 Å². The number of hydrogen-bond acceptors (Lipinski definition) is 3. The summed E-state index contributed by atoms with van der Waals surface area (Å²) >= 11 is 5.99. The lowest BCUT2D eigenvalue weighted by Crippen LogP contribution is -2.21. The molecule has 4 rings (SSSR count). The van der Waals surface area contributed by atoms with Crippen molar-refractivity contribution < 1.29 is 9.90 Å². The number of benzene rings is 1. The second-order valence-electron chi connectivity index (χ2n) is 7.99. The highest BCUT2D eigenvalue weighted by atomic mass is 35.5. The molecule has 4 nitrogen and oxygen atoms in total. The molecule has 5 heteroatoms. The van der Waals surface area contributed by atoms with Gasteiger partial charge in [0.2, 0.25) is 0 Å². The number of hydrogen-bond donors (Lipinski definition) is 1. The number of nitrogens with zero attached hydrogens (tertiary/aromatic N) is 2. The minimum atomic E-state index is -0.805. The first kappa shape index (κ1) is 20.5. The molecule has 1 aromatic carbocycles. The van der Waals surface area contributed by atoms with E-state index in [2.05, 4.69) is 29.3 Å². The Morgan fingerprint density at radius 2 is 1.97 bits per heavy atom. The Bertz CT molecular complexity index is 996. The molecule has 0 radical (unpaired) electrons. The van der Waals surface area contributed by atoms with Crippen molar-refractivity contribution in [3.63, 3.8) is 0 Å². The van der Waals surface area contributed by atoms with Gasteiger partial charge < -0.3 is 5.11 Å². The van der Waals surface area contributed by atoms with Crippen molar-refractivity contribution in [1.29, 1.82) is 0 Å². The molecule has 2 unspecified atom stereocenters. The fourth-order valence-electron chi connectivity index (χ4n) is 4.24. The van der Waals surface area contributed by atoms with E-state index in [9.17, 15) is 9.90 Å². The largest absolute Gasteiger partial charge is 0.481 e. The third-order valence-electron chi connectivity index (χ3n) is 5.76. The van der Waals surface area contributed by atoms with Crippen molar-refractivity contribution in [2.45, 2.75) is 38.5 Å². The number of halogens is 1. The summed E-state index contributed by atoms with van der Waals surface area (Å²) in [5.74, 6) is -0.370. The van der Waals surface area contributed by atoms with Crippen molar-refractivity contribution in [1.82, 2.24) is 0 Å². The summed E-state index contributed by atoms with van der Waals surface area (Å²) in [6.45, 7) is 0. The van der Waals surface area contributed by atoms with E-state index in [1.54, 1.807) is 0 Å². The van der Waals surface area contributed by atoms with Crippen LogP contribution in [0.3, 0.4) is 0 Å². The molecule has 0 fully saturated rings. The minimum absolute atomic E-state index is 0.0389. The molecular weight excluding hydrogens is 396 g/mol. The Balaban J connectivity index is 1.55. The van der Waals surface area contributed by atoms with Gasteiger partial charge in [-0.3, -0.25) is 14.8 Å². The second kappa shape index (κ2) is 9.40. The zero-order valence-electron chi connectivity index (χ0n) is 16.8. The number of fused-ring (bicyclic) bond motifs is 1. The van der Waals surface area contributed by atoms with E-state index < -0.39 is 5.97 Å². The number of rotatable bonds is 5. The SMILES string of the molecule is O=C(O)CC1=CC(C2=CCCC(Cc3ccc(Cl)cc3)C=N2)=CC2=NC=CCCC12. The van der Waals surface area contributed by atoms with E-state index in [-0.39, 0.29) is 12.3 Å². The van der Waals surface area contributed by atoms with Gasteiger partial charge in [0.05, 0.1) is 12.1 Å². The molecule has 0 aromatic heterocycles. The summed E-state index contributed by atoms with van der Waals surface area (Å²) in [6.07, 6.45) is 16.9. The predicted molar refractivity (Wildman–Crippen MR) is 122 cm³/mol. The number of allylic oxidation sites excluding steroid dienone is 4. The average Bonchev–Trinajstić information content (AvgIpc) is 3.10. The summed E-state index contributed by atoms with van der Waals surface area (Å²) in [7, 11) is 0. The van der Waals surface area contributed by atoms with E-state index in [0.717, 1.165) is 59.7 Å². The van der Waals surface area contributed by atoms with Crippen molar-refractivity contribution in [2.75, 3.05) is 0 Å². The molecule has 30 heavy (non-hydrogen) atoms. The van der Waals surface area contributed by atoms with Gasteiger partial charge in [-0.1, -0.05) is 42.0 Å². The van der Waals surface area contributed by atoms with Crippen molar-refractivity contribution in [3.8, 4) is 0 Å². The predicted octanol–water partition coefficient (Wildman–Crippen LogP) is 5.95. The fraction of sp³-hybridized carbons (Fsp3) is 0.320. The normalized spacial score (nSPS) is 23.4. The van der Waals surface area contributed by atoms with Crippen LogP contribution in [0.2, 0.25) is 5.02 Å². The number of carboxylic acid groups (broad SMARTS) is 1. The molecule has 1 aliphatic carbocycles. The van der Waals surface area contributed by atoms with Gasteiger partial charge in [-0.25, -0.2) is 0 Å². The van der Waals surface area contributed by atoms with Crippen LogP contribution in [0.4, 0.5) is 0 Å². The molecule has 2 atom stereocenters. The highest BCUT2D eigenvalue weighted by Crippen LogP contribution is 2.34. The van der Waals surface area contributed by atoms with Gasteiger partial charge in [-0.05, 0) is 67.4 Å². The highest BCUT2D eigenvalue weighted by molar-refractivity contribution is 6.30. The number of carboxylic acids is 1. The molecule has 1 N–H and O–H groups in total. The zero-order chi connectivity index (χ0) is 20.9. The smallest absolute Gasteiger partial charge is 0.307 e. The van der Waals surface area contributed by atoms with Gasteiger partial charge in [0, 0.05) is 34.6 Å². The minimum Gasteiger partial charge on any atom is -0.481 e. The van der Waals surface area contributed by atoms with E-state index in [1.807, 2.05) is 36.7 Å². The molecule has 0 saturated carbocycles. The van der Waals surface area contributed by atoms with Crippen LogP contribution in [-0.2, 0) is 11.2 Å². The molecule has 3 aliphatic rings. The molecule has 0 spiro atoms.